The van der Waals surface area contributed by atoms with Gasteiger partial charge < -0.3 is 10.2 Å². The van der Waals surface area contributed by atoms with Crippen LogP contribution in [0.25, 0.3) is 10.9 Å². The van der Waals surface area contributed by atoms with Crippen molar-refractivity contribution in [2.75, 3.05) is 20.6 Å². The number of carbonyl (C=O) groups excluding carboxylic acids is 1. The van der Waals surface area contributed by atoms with Crippen LogP contribution in [0.15, 0.2) is 84.0 Å². The molecule has 2 aromatic heterocycles. The Balaban J connectivity index is 1.27. The van der Waals surface area contributed by atoms with Crippen molar-refractivity contribution in [2.24, 2.45) is 5.92 Å². The number of carbonyl (C=O) groups is 1. The van der Waals surface area contributed by atoms with Crippen LogP contribution in [0.5, 0.6) is 0 Å². The average molecular weight is 518 g/mol. The lowest BCUT2D eigenvalue weighted by Gasteiger charge is -2.24. The lowest BCUT2D eigenvalue weighted by molar-refractivity contribution is -0.122. The Morgan fingerprint density at radius 1 is 1.11 bits per heavy atom. The minimum Gasteiger partial charge on any atom is -0.354 e. The molecule has 1 N–H and O–H groups in total. The second kappa shape index (κ2) is 9.72. The second-order valence-electron chi connectivity index (χ2n) is 10.1. The summed E-state index contributed by atoms with van der Waals surface area (Å²) in [4.78, 5) is 19.7. The van der Waals surface area contributed by atoms with Crippen molar-refractivity contribution in [3.05, 3.63) is 90.4 Å². The predicted octanol–water partition coefficient (Wildman–Crippen LogP) is 3.24. The van der Waals surface area contributed by atoms with E-state index >= 15 is 0 Å². The molecule has 2 heterocycles. The highest BCUT2D eigenvalue weighted by atomic mass is 32.2. The first-order valence-corrected chi connectivity index (χ1v) is 13.8. The molecule has 9 heteroatoms. The molecular formula is C28H31N5O3S. The van der Waals surface area contributed by atoms with Crippen LogP contribution in [0, 0.1) is 5.92 Å². The van der Waals surface area contributed by atoms with Crippen molar-refractivity contribution < 1.29 is 13.2 Å². The number of fused-ring (bicyclic) bond motifs is 1. The molecule has 0 bridgehead atoms. The molecule has 1 aliphatic carbocycles. The molecule has 1 amide bonds. The Morgan fingerprint density at radius 2 is 1.78 bits per heavy atom. The quantitative estimate of drug-likeness (QED) is 0.366. The number of hydrogen-bond acceptors (Lipinski definition) is 6. The number of hydrogen-bond donors (Lipinski definition) is 1. The van der Waals surface area contributed by atoms with Crippen molar-refractivity contribution in [1.29, 1.82) is 0 Å². The van der Waals surface area contributed by atoms with E-state index in [-0.39, 0.29) is 28.2 Å². The molecule has 37 heavy (non-hydrogen) atoms. The molecule has 1 fully saturated rings. The van der Waals surface area contributed by atoms with E-state index in [9.17, 15) is 13.2 Å². The lowest BCUT2D eigenvalue weighted by atomic mass is 9.95. The summed E-state index contributed by atoms with van der Waals surface area (Å²) in [6.45, 7) is 2.64. The first kappa shape index (κ1) is 25.1. The molecule has 0 unspecified atom stereocenters. The van der Waals surface area contributed by atoms with Gasteiger partial charge >= 0.3 is 0 Å². The summed E-state index contributed by atoms with van der Waals surface area (Å²) in [5.41, 5.74) is 2.33. The van der Waals surface area contributed by atoms with Gasteiger partial charge in [-0.15, -0.1) is 0 Å². The summed E-state index contributed by atoms with van der Waals surface area (Å²) in [5, 5.41) is 7.99. The Bertz CT molecular complexity index is 1520. The van der Waals surface area contributed by atoms with Gasteiger partial charge in [-0.2, -0.15) is 17.6 Å². The maximum absolute atomic E-state index is 13.0. The number of aromatic nitrogens is 3. The Hall–Kier alpha value is -3.56. The summed E-state index contributed by atoms with van der Waals surface area (Å²) < 4.78 is 27.1. The topological polar surface area (TPSA) is 97.2 Å². The number of nitrogens with zero attached hydrogens (tertiary/aromatic N) is 4. The largest absolute Gasteiger partial charge is 0.354 e. The SMILES string of the molecule is CN(C)[C@H](CNC(=O)[C@@H]1C[C@@]1(C)c1ccccc1)Cc1cc2cnn(S(=O)(=O)c3ccccc3)c2cn1. The molecule has 0 aliphatic heterocycles. The van der Waals surface area contributed by atoms with Gasteiger partial charge in [0.15, 0.2) is 0 Å². The van der Waals surface area contributed by atoms with E-state index in [4.69, 9.17) is 0 Å². The Kier molecular flexibility index (Phi) is 6.59. The van der Waals surface area contributed by atoms with Gasteiger partial charge in [0, 0.05) is 41.4 Å². The monoisotopic (exact) mass is 517 g/mol. The molecule has 192 valence electrons. The van der Waals surface area contributed by atoms with Gasteiger partial charge in [0.05, 0.1) is 17.3 Å². The van der Waals surface area contributed by atoms with Crippen LogP contribution < -0.4 is 5.32 Å². The zero-order chi connectivity index (χ0) is 26.2. The van der Waals surface area contributed by atoms with Gasteiger partial charge in [-0.1, -0.05) is 55.5 Å². The molecule has 1 saturated carbocycles. The van der Waals surface area contributed by atoms with Crippen LogP contribution in [0.3, 0.4) is 0 Å². The highest BCUT2D eigenvalue weighted by Crippen LogP contribution is 2.53. The fourth-order valence-electron chi connectivity index (χ4n) is 4.85. The lowest BCUT2D eigenvalue weighted by Crippen LogP contribution is -2.42. The van der Waals surface area contributed by atoms with E-state index in [1.165, 1.54) is 5.56 Å². The summed E-state index contributed by atoms with van der Waals surface area (Å²) >= 11 is 0. The Morgan fingerprint density at radius 3 is 2.46 bits per heavy atom. The molecule has 1 aliphatic rings. The van der Waals surface area contributed by atoms with Crippen molar-refractivity contribution in [3.8, 4) is 0 Å². The van der Waals surface area contributed by atoms with Crippen LogP contribution in [0.4, 0.5) is 0 Å². The molecule has 0 radical (unpaired) electrons. The summed E-state index contributed by atoms with van der Waals surface area (Å²) in [6, 6.07) is 20.3. The maximum atomic E-state index is 13.0. The number of amides is 1. The normalized spacial score (nSPS) is 20.2. The molecule has 0 spiro atoms. The van der Waals surface area contributed by atoms with E-state index in [0.717, 1.165) is 16.2 Å². The highest BCUT2D eigenvalue weighted by Gasteiger charge is 2.55. The summed E-state index contributed by atoms with van der Waals surface area (Å²) in [6.07, 6.45) is 4.55. The maximum Gasteiger partial charge on any atom is 0.283 e. The minimum absolute atomic E-state index is 0.0235. The third-order valence-corrected chi connectivity index (χ3v) is 9.04. The first-order chi connectivity index (χ1) is 17.7. The molecule has 4 aromatic rings. The number of rotatable bonds is 9. The number of benzene rings is 2. The molecule has 2 aromatic carbocycles. The van der Waals surface area contributed by atoms with Crippen LogP contribution in [0.2, 0.25) is 0 Å². The fourth-order valence-corrected chi connectivity index (χ4v) is 6.13. The van der Waals surface area contributed by atoms with Crippen LogP contribution >= 0.6 is 0 Å². The van der Waals surface area contributed by atoms with Crippen molar-refractivity contribution >= 4 is 26.8 Å². The molecule has 5 rings (SSSR count). The van der Waals surface area contributed by atoms with Crippen LogP contribution in [0.1, 0.15) is 24.6 Å². The molecular weight excluding hydrogens is 486 g/mol. The molecule has 8 nitrogen and oxygen atoms in total. The minimum atomic E-state index is -3.81. The Labute approximate surface area is 217 Å². The van der Waals surface area contributed by atoms with Gasteiger partial charge in [-0.25, -0.2) is 0 Å². The van der Waals surface area contributed by atoms with E-state index in [0.29, 0.717) is 23.9 Å². The third-order valence-electron chi connectivity index (χ3n) is 7.42. The molecule has 3 atom stereocenters. The average Bonchev–Trinajstić information content (AvgIpc) is 3.42. The third kappa shape index (κ3) is 4.89. The number of pyridine rings is 1. The van der Waals surface area contributed by atoms with Crippen molar-refractivity contribution in [1.82, 2.24) is 24.4 Å². The van der Waals surface area contributed by atoms with Gasteiger partial charge in [0.2, 0.25) is 5.91 Å². The standard InChI is InChI=1S/C28H31N5O3S/c1-28(21-10-6-4-7-11-21)16-25(28)27(34)30-18-23(32(2)3)15-22-14-20-17-31-33(26(20)19-29-22)37(35,36)24-12-8-5-9-13-24/h4-14,17,19,23,25H,15-16,18H2,1-3H3,(H,30,34)/t23-,25-,28-/m0/s1. The highest BCUT2D eigenvalue weighted by molar-refractivity contribution is 7.90. The van der Waals surface area contributed by atoms with Crippen molar-refractivity contribution in [3.63, 3.8) is 0 Å². The number of likely N-dealkylation sites (N-methyl/N-ethyl adjacent to an activating group) is 1. The van der Waals surface area contributed by atoms with Gasteiger partial charge in [0.25, 0.3) is 10.0 Å². The van der Waals surface area contributed by atoms with E-state index in [1.807, 2.05) is 38.4 Å². The van der Waals surface area contributed by atoms with E-state index in [2.05, 4.69) is 39.4 Å². The zero-order valence-corrected chi connectivity index (χ0v) is 22.0. The molecule has 0 saturated heterocycles. The van der Waals surface area contributed by atoms with Crippen LogP contribution in [-0.4, -0.2) is 60.1 Å². The first-order valence-electron chi connectivity index (χ1n) is 12.3. The van der Waals surface area contributed by atoms with E-state index in [1.54, 1.807) is 42.7 Å². The zero-order valence-electron chi connectivity index (χ0n) is 21.2. The van der Waals surface area contributed by atoms with Gasteiger partial charge in [-0.3, -0.25) is 9.78 Å². The smallest absolute Gasteiger partial charge is 0.283 e. The summed E-state index contributed by atoms with van der Waals surface area (Å²) in [7, 11) is 0.143. The van der Waals surface area contributed by atoms with Crippen LogP contribution in [-0.2, 0) is 26.7 Å². The number of nitrogens with one attached hydrogen (secondary N) is 1. The fraction of sp³-hybridized carbons (Fsp3) is 0.321. The summed E-state index contributed by atoms with van der Waals surface area (Å²) in [5.74, 6) is 0.0543. The van der Waals surface area contributed by atoms with E-state index < -0.39 is 10.0 Å². The van der Waals surface area contributed by atoms with Gasteiger partial charge in [-0.05, 0) is 44.3 Å². The van der Waals surface area contributed by atoms with Crippen molar-refractivity contribution in [2.45, 2.75) is 36.1 Å². The predicted molar refractivity (Wildman–Crippen MR) is 143 cm³/mol. The second-order valence-corrected chi connectivity index (χ2v) is 11.9. The van der Waals surface area contributed by atoms with Gasteiger partial charge in [0.1, 0.15) is 5.52 Å².